The quantitative estimate of drug-likeness (QED) is 0.462. The van der Waals surface area contributed by atoms with Crippen LogP contribution >= 0.6 is 0 Å². The van der Waals surface area contributed by atoms with Crippen molar-refractivity contribution in [3.05, 3.63) is 59.7 Å². The minimum atomic E-state index is -3.83. The Labute approximate surface area is 202 Å². The lowest BCUT2D eigenvalue weighted by Gasteiger charge is -2.32. The molecule has 0 bridgehead atoms. The molecule has 0 aliphatic heterocycles. The molecule has 0 aliphatic carbocycles. The van der Waals surface area contributed by atoms with Crippen LogP contribution in [0.4, 0.5) is 5.69 Å². The van der Waals surface area contributed by atoms with Crippen LogP contribution in [0.5, 0.6) is 5.75 Å². The molecule has 0 aromatic heterocycles. The number of unbranched alkanes of at least 4 members (excludes halogenated alkanes) is 1. The number of nitrogens with one attached hydrogen (secondary N) is 1. The highest BCUT2D eigenvalue weighted by atomic mass is 32.2. The summed E-state index contributed by atoms with van der Waals surface area (Å²) in [5, 5.41) is 2.86. The molecule has 0 saturated heterocycles. The molecule has 1 N–H and O–H groups in total. The van der Waals surface area contributed by atoms with Crippen molar-refractivity contribution in [2.75, 3.05) is 30.8 Å². The maximum atomic E-state index is 13.5. The van der Waals surface area contributed by atoms with Crippen LogP contribution in [0.2, 0.25) is 0 Å². The summed E-state index contributed by atoms with van der Waals surface area (Å²) in [7, 11) is -2.38. The average Bonchev–Trinajstić information content (AvgIpc) is 2.80. The number of hydrogen-bond donors (Lipinski definition) is 1. The lowest BCUT2D eigenvalue weighted by Crippen LogP contribution is -2.51. The smallest absolute Gasteiger partial charge is 0.244 e. The highest BCUT2D eigenvalue weighted by Crippen LogP contribution is 2.31. The molecule has 0 fully saturated rings. The number of rotatable bonds is 12. The number of anilines is 1. The third kappa shape index (κ3) is 7.48. The van der Waals surface area contributed by atoms with Gasteiger partial charge in [0.2, 0.25) is 21.8 Å². The first-order chi connectivity index (χ1) is 16.1. The Balaban J connectivity index is 2.39. The van der Waals surface area contributed by atoms with E-state index in [0.717, 1.165) is 34.5 Å². The van der Waals surface area contributed by atoms with E-state index in [1.807, 2.05) is 44.2 Å². The summed E-state index contributed by atoms with van der Waals surface area (Å²) in [6.45, 7) is 5.74. The van der Waals surface area contributed by atoms with E-state index in [0.29, 0.717) is 12.3 Å². The van der Waals surface area contributed by atoms with Crippen LogP contribution in [0, 0.1) is 6.92 Å². The number of benzene rings is 2. The van der Waals surface area contributed by atoms with Crippen molar-refractivity contribution in [2.24, 2.45) is 0 Å². The van der Waals surface area contributed by atoms with Gasteiger partial charge < -0.3 is 15.0 Å². The zero-order valence-corrected chi connectivity index (χ0v) is 21.4. The molecular formula is C25H35N3O5S. The van der Waals surface area contributed by atoms with Gasteiger partial charge in [-0.25, -0.2) is 8.42 Å². The SMILES string of the molecule is CCCCNC(=O)[C@@H](C)N(Cc1ccccc1)C(=O)CN(c1cc(C)ccc1OC)S(C)(=O)=O. The summed E-state index contributed by atoms with van der Waals surface area (Å²) < 4.78 is 31.8. The molecule has 2 aromatic rings. The molecule has 0 spiro atoms. The second-order valence-electron chi connectivity index (χ2n) is 8.27. The summed E-state index contributed by atoms with van der Waals surface area (Å²) in [6, 6.07) is 13.6. The Morgan fingerprint density at radius 1 is 1.12 bits per heavy atom. The monoisotopic (exact) mass is 489 g/mol. The largest absolute Gasteiger partial charge is 0.495 e. The van der Waals surface area contributed by atoms with E-state index in [2.05, 4.69) is 5.32 Å². The first-order valence-electron chi connectivity index (χ1n) is 11.3. The molecule has 0 heterocycles. The normalized spacial score (nSPS) is 12.0. The molecule has 8 nitrogen and oxygen atoms in total. The van der Waals surface area contributed by atoms with Crippen molar-refractivity contribution in [3.63, 3.8) is 0 Å². The molecule has 2 aromatic carbocycles. The lowest BCUT2D eigenvalue weighted by atomic mass is 10.1. The molecule has 0 saturated carbocycles. The van der Waals surface area contributed by atoms with Crippen molar-refractivity contribution in [2.45, 2.75) is 46.2 Å². The number of aryl methyl sites for hydroxylation is 1. The summed E-state index contributed by atoms with van der Waals surface area (Å²) in [5.41, 5.74) is 1.93. The van der Waals surface area contributed by atoms with E-state index < -0.39 is 28.5 Å². The third-order valence-electron chi connectivity index (χ3n) is 5.47. The molecule has 2 amide bonds. The van der Waals surface area contributed by atoms with Crippen LogP contribution in [0.1, 0.15) is 37.8 Å². The Kier molecular flexibility index (Phi) is 9.92. The predicted molar refractivity (Wildman–Crippen MR) is 134 cm³/mol. The van der Waals surface area contributed by atoms with Crippen LogP contribution in [-0.2, 0) is 26.2 Å². The van der Waals surface area contributed by atoms with Gasteiger partial charge in [0.1, 0.15) is 18.3 Å². The van der Waals surface area contributed by atoms with Crippen molar-refractivity contribution >= 4 is 27.5 Å². The maximum Gasteiger partial charge on any atom is 0.244 e. The molecule has 9 heteroatoms. The fraction of sp³-hybridized carbons (Fsp3) is 0.440. The molecular weight excluding hydrogens is 454 g/mol. The highest BCUT2D eigenvalue weighted by molar-refractivity contribution is 7.92. The Bertz CT molecular complexity index is 1070. The Morgan fingerprint density at radius 3 is 2.38 bits per heavy atom. The molecule has 34 heavy (non-hydrogen) atoms. The number of nitrogens with zero attached hydrogens (tertiary/aromatic N) is 2. The number of carbonyl (C=O) groups is 2. The van der Waals surface area contributed by atoms with Gasteiger partial charge in [0.15, 0.2) is 0 Å². The van der Waals surface area contributed by atoms with Gasteiger partial charge in [-0.15, -0.1) is 0 Å². The average molecular weight is 490 g/mol. The molecule has 186 valence electrons. The van der Waals surface area contributed by atoms with Gasteiger partial charge in [0.05, 0.1) is 19.1 Å². The Hall–Kier alpha value is -3.07. The van der Waals surface area contributed by atoms with Gasteiger partial charge in [-0.3, -0.25) is 13.9 Å². The second kappa shape index (κ2) is 12.4. The third-order valence-corrected chi connectivity index (χ3v) is 6.60. The molecule has 0 aliphatic rings. The Morgan fingerprint density at radius 2 is 1.79 bits per heavy atom. The van der Waals surface area contributed by atoms with E-state index in [1.165, 1.54) is 12.0 Å². The number of methoxy groups -OCH3 is 1. The summed E-state index contributed by atoms with van der Waals surface area (Å²) in [6.07, 6.45) is 2.81. The summed E-state index contributed by atoms with van der Waals surface area (Å²) >= 11 is 0. The maximum absolute atomic E-state index is 13.5. The van der Waals surface area contributed by atoms with Gasteiger partial charge in [-0.2, -0.15) is 0 Å². The minimum absolute atomic E-state index is 0.171. The first-order valence-corrected chi connectivity index (χ1v) is 13.2. The van der Waals surface area contributed by atoms with Crippen molar-refractivity contribution in [1.29, 1.82) is 0 Å². The topological polar surface area (TPSA) is 96.0 Å². The number of ether oxygens (including phenoxy) is 1. The molecule has 2 rings (SSSR count). The number of sulfonamides is 1. The van der Waals surface area contributed by atoms with E-state index >= 15 is 0 Å². The highest BCUT2D eigenvalue weighted by Gasteiger charge is 2.31. The van der Waals surface area contributed by atoms with E-state index in [1.54, 1.807) is 25.1 Å². The predicted octanol–water partition coefficient (Wildman–Crippen LogP) is 3.10. The number of hydrogen-bond acceptors (Lipinski definition) is 5. The second-order valence-corrected chi connectivity index (χ2v) is 10.2. The van der Waals surface area contributed by atoms with E-state index in [9.17, 15) is 18.0 Å². The fourth-order valence-corrected chi connectivity index (χ4v) is 4.33. The zero-order chi connectivity index (χ0) is 25.3. The van der Waals surface area contributed by atoms with Crippen LogP contribution in [-0.4, -0.2) is 57.6 Å². The standard InChI is InChI=1S/C25H35N3O5S/c1-6-7-15-26-25(30)20(3)27(17-21-11-9-8-10-12-21)24(29)18-28(34(5,31)32)22-16-19(2)13-14-23(22)33-4/h8-14,16,20H,6-7,15,17-18H2,1-5H3,(H,26,30)/t20-/m1/s1. The molecule has 0 unspecified atom stereocenters. The molecule has 1 atom stereocenters. The first kappa shape index (κ1) is 27.2. The van der Waals surface area contributed by atoms with Crippen molar-refractivity contribution in [1.82, 2.24) is 10.2 Å². The van der Waals surface area contributed by atoms with Crippen molar-refractivity contribution in [3.8, 4) is 5.75 Å². The van der Waals surface area contributed by atoms with Crippen LogP contribution in [0.15, 0.2) is 48.5 Å². The van der Waals surface area contributed by atoms with Gasteiger partial charge >= 0.3 is 0 Å². The van der Waals surface area contributed by atoms with Crippen LogP contribution in [0.3, 0.4) is 0 Å². The summed E-state index contributed by atoms with van der Waals surface area (Å²) in [5.74, 6) is -0.434. The van der Waals surface area contributed by atoms with Crippen LogP contribution in [0.25, 0.3) is 0 Å². The van der Waals surface area contributed by atoms with Crippen molar-refractivity contribution < 1.29 is 22.7 Å². The molecule has 0 radical (unpaired) electrons. The zero-order valence-electron chi connectivity index (χ0n) is 20.6. The van der Waals surface area contributed by atoms with Gasteiger partial charge in [-0.1, -0.05) is 49.7 Å². The number of carbonyl (C=O) groups excluding carboxylic acids is 2. The van der Waals surface area contributed by atoms with E-state index in [4.69, 9.17) is 4.74 Å². The van der Waals surface area contributed by atoms with Gasteiger partial charge in [0, 0.05) is 13.1 Å². The summed E-state index contributed by atoms with van der Waals surface area (Å²) in [4.78, 5) is 27.7. The van der Waals surface area contributed by atoms with Gasteiger partial charge in [-0.05, 0) is 43.5 Å². The van der Waals surface area contributed by atoms with Crippen LogP contribution < -0.4 is 14.4 Å². The van der Waals surface area contributed by atoms with E-state index in [-0.39, 0.29) is 18.1 Å². The minimum Gasteiger partial charge on any atom is -0.495 e. The fourth-order valence-electron chi connectivity index (χ4n) is 3.49. The lowest BCUT2D eigenvalue weighted by molar-refractivity contribution is -0.139. The van der Waals surface area contributed by atoms with Gasteiger partial charge in [0.25, 0.3) is 0 Å². The number of amides is 2.